The largest absolute Gasteiger partial charge is 0.301 e. The molecule has 164 valence electrons. The molecule has 1 aliphatic rings. The van der Waals surface area contributed by atoms with E-state index in [9.17, 15) is 4.21 Å². The Bertz CT molecular complexity index is 1240. The number of pyridine rings is 1. The van der Waals surface area contributed by atoms with E-state index in [1.165, 1.54) is 10.9 Å². The molecule has 3 heterocycles. The third-order valence-corrected chi connectivity index (χ3v) is 7.59. The summed E-state index contributed by atoms with van der Waals surface area (Å²) in [7, 11) is -0.623. The maximum atomic E-state index is 11.6. The van der Waals surface area contributed by atoms with E-state index >= 15 is 0 Å². The minimum absolute atomic E-state index is 0.623. The van der Waals surface area contributed by atoms with Crippen LogP contribution in [0.3, 0.4) is 0 Å². The van der Waals surface area contributed by atoms with Gasteiger partial charge in [-0.25, -0.2) is 4.98 Å². The molecular weight excluding hydrogens is 438 g/mol. The number of hydrogen-bond donors (Lipinski definition) is 0. The Kier molecular flexibility index (Phi) is 6.39. The van der Waals surface area contributed by atoms with Gasteiger partial charge in [0, 0.05) is 63.3 Å². The maximum Gasteiger partial charge on any atom is 0.145 e. The molecule has 0 amide bonds. The van der Waals surface area contributed by atoms with E-state index in [1.54, 1.807) is 0 Å². The highest BCUT2D eigenvalue weighted by atomic mass is 35.5. The van der Waals surface area contributed by atoms with Crippen LogP contribution in [0.5, 0.6) is 0 Å². The Labute approximate surface area is 196 Å². The molecule has 2 aromatic heterocycles. The molecule has 1 fully saturated rings. The number of nitrogens with zero attached hydrogens (tertiary/aromatic N) is 3. The Morgan fingerprint density at radius 2 is 1.78 bits per heavy atom. The molecular formula is C26H26ClN3OS. The van der Waals surface area contributed by atoms with Gasteiger partial charge in [0.2, 0.25) is 0 Å². The molecule has 4 nitrogen and oxygen atoms in total. The maximum absolute atomic E-state index is 11.6. The van der Waals surface area contributed by atoms with Crippen LogP contribution in [0.2, 0.25) is 5.02 Å². The lowest BCUT2D eigenvalue weighted by Gasteiger charge is -2.25. The predicted molar refractivity (Wildman–Crippen MR) is 134 cm³/mol. The molecule has 0 aliphatic carbocycles. The summed E-state index contributed by atoms with van der Waals surface area (Å²) in [5, 5.41) is 1.90. The summed E-state index contributed by atoms with van der Waals surface area (Å²) >= 11 is 6.30. The zero-order valence-electron chi connectivity index (χ0n) is 17.9. The van der Waals surface area contributed by atoms with Crippen LogP contribution in [-0.4, -0.2) is 49.8 Å². The van der Waals surface area contributed by atoms with Crippen molar-refractivity contribution in [2.75, 3.05) is 31.1 Å². The molecule has 0 N–H and O–H groups in total. The first kappa shape index (κ1) is 21.4. The highest BCUT2D eigenvalue weighted by Gasteiger charge is 2.16. The second-order valence-corrected chi connectivity index (χ2v) is 10.4. The van der Waals surface area contributed by atoms with Crippen molar-refractivity contribution in [1.29, 1.82) is 0 Å². The molecule has 0 radical (unpaired) electrons. The minimum Gasteiger partial charge on any atom is -0.301 e. The molecule has 0 atom stereocenters. The van der Waals surface area contributed by atoms with Gasteiger partial charge in [-0.3, -0.25) is 4.21 Å². The van der Waals surface area contributed by atoms with Gasteiger partial charge in [0.05, 0.1) is 5.69 Å². The van der Waals surface area contributed by atoms with Crippen LogP contribution in [-0.2, 0) is 17.2 Å². The molecule has 0 saturated carbocycles. The highest BCUT2D eigenvalue weighted by Crippen LogP contribution is 2.29. The summed E-state index contributed by atoms with van der Waals surface area (Å²) < 4.78 is 13.8. The van der Waals surface area contributed by atoms with Crippen molar-refractivity contribution in [2.45, 2.75) is 12.8 Å². The van der Waals surface area contributed by atoms with Crippen LogP contribution in [0.1, 0.15) is 12.0 Å². The van der Waals surface area contributed by atoms with Crippen LogP contribution in [0, 0.1) is 0 Å². The van der Waals surface area contributed by atoms with E-state index in [-0.39, 0.29) is 0 Å². The standard InChI is InChI=1S/C26H26ClN3OS/c27-22-9-4-10-23(18-22)30-19-21(8-5-13-29-14-16-32(31)17-15-29)24-11-12-25(28-26(24)30)20-6-2-1-3-7-20/h1-4,6-7,9-12,18-19H,5,8,13-17H2. The van der Waals surface area contributed by atoms with Crippen molar-refractivity contribution in [3.8, 4) is 16.9 Å². The van der Waals surface area contributed by atoms with Crippen molar-refractivity contribution >= 4 is 33.4 Å². The molecule has 1 saturated heterocycles. The van der Waals surface area contributed by atoms with Crippen molar-refractivity contribution in [2.24, 2.45) is 0 Å². The first-order valence-electron chi connectivity index (χ1n) is 11.1. The summed E-state index contributed by atoms with van der Waals surface area (Å²) in [5.74, 6) is 1.61. The first-order valence-corrected chi connectivity index (χ1v) is 12.9. The van der Waals surface area contributed by atoms with E-state index < -0.39 is 10.8 Å². The molecule has 2 aromatic carbocycles. The summed E-state index contributed by atoms with van der Waals surface area (Å²) in [6, 6.07) is 22.5. The zero-order valence-corrected chi connectivity index (χ0v) is 19.5. The lowest BCUT2D eigenvalue weighted by Crippen LogP contribution is -2.38. The Hall–Kier alpha value is -2.47. The first-order chi connectivity index (χ1) is 15.7. The lowest BCUT2D eigenvalue weighted by atomic mass is 10.1. The molecule has 0 spiro atoms. The van der Waals surface area contributed by atoms with Crippen molar-refractivity contribution < 1.29 is 4.21 Å². The highest BCUT2D eigenvalue weighted by molar-refractivity contribution is 7.85. The topological polar surface area (TPSA) is 38.1 Å². The fraction of sp³-hybridized carbons (Fsp3) is 0.269. The van der Waals surface area contributed by atoms with Gasteiger partial charge in [0.1, 0.15) is 5.65 Å². The van der Waals surface area contributed by atoms with Gasteiger partial charge in [-0.1, -0.05) is 48.0 Å². The van der Waals surface area contributed by atoms with Gasteiger partial charge in [0.15, 0.2) is 0 Å². The molecule has 0 bridgehead atoms. The van der Waals surface area contributed by atoms with E-state index in [2.05, 4.69) is 46.0 Å². The third-order valence-electron chi connectivity index (χ3n) is 6.08. The monoisotopic (exact) mass is 463 g/mol. The van der Waals surface area contributed by atoms with Gasteiger partial charge >= 0.3 is 0 Å². The quantitative estimate of drug-likeness (QED) is 0.387. The predicted octanol–water partition coefficient (Wildman–Crippen LogP) is 5.34. The summed E-state index contributed by atoms with van der Waals surface area (Å²) in [6.45, 7) is 2.92. The van der Waals surface area contributed by atoms with Crippen LogP contribution in [0.4, 0.5) is 0 Å². The Balaban J connectivity index is 1.47. The summed E-state index contributed by atoms with van der Waals surface area (Å²) in [5.41, 5.74) is 5.35. The normalized spacial score (nSPS) is 15.4. The third kappa shape index (κ3) is 4.65. The van der Waals surface area contributed by atoms with Crippen molar-refractivity contribution in [1.82, 2.24) is 14.5 Å². The SMILES string of the molecule is O=S1CCN(CCCc2cn(-c3cccc(Cl)c3)c3nc(-c4ccccc4)ccc23)CC1. The van der Waals surface area contributed by atoms with Crippen molar-refractivity contribution in [3.63, 3.8) is 0 Å². The Morgan fingerprint density at radius 3 is 2.56 bits per heavy atom. The molecule has 32 heavy (non-hydrogen) atoms. The summed E-state index contributed by atoms with van der Waals surface area (Å²) in [4.78, 5) is 7.49. The van der Waals surface area contributed by atoms with Gasteiger partial charge in [-0.15, -0.1) is 0 Å². The number of rotatable bonds is 6. The number of aromatic nitrogens is 2. The number of benzene rings is 2. The minimum atomic E-state index is -0.623. The van der Waals surface area contributed by atoms with E-state index in [4.69, 9.17) is 16.6 Å². The summed E-state index contributed by atoms with van der Waals surface area (Å²) in [6.07, 6.45) is 4.26. The van der Waals surface area contributed by atoms with E-state index in [0.717, 1.165) is 66.6 Å². The molecule has 0 unspecified atom stereocenters. The van der Waals surface area contributed by atoms with Gasteiger partial charge in [-0.2, -0.15) is 0 Å². The van der Waals surface area contributed by atoms with Crippen molar-refractivity contribution in [3.05, 3.63) is 83.5 Å². The second kappa shape index (κ2) is 9.57. The number of aryl methyl sites for hydroxylation is 1. The number of hydrogen-bond acceptors (Lipinski definition) is 3. The average Bonchev–Trinajstić information content (AvgIpc) is 3.19. The Morgan fingerprint density at radius 1 is 0.969 bits per heavy atom. The van der Waals surface area contributed by atoms with E-state index in [0.29, 0.717) is 5.02 Å². The zero-order chi connectivity index (χ0) is 21.9. The molecule has 6 heteroatoms. The smallest absolute Gasteiger partial charge is 0.145 e. The van der Waals surface area contributed by atoms with Gasteiger partial charge in [-0.05, 0) is 55.3 Å². The number of fused-ring (bicyclic) bond motifs is 1. The molecule has 1 aliphatic heterocycles. The molecule has 4 aromatic rings. The molecule has 5 rings (SSSR count). The fourth-order valence-corrected chi connectivity index (χ4v) is 5.67. The second-order valence-electron chi connectivity index (χ2n) is 8.23. The lowest BCUT2D eigenvalue weighted by molar-refractivity contribution is 0.296. The number of halogens is 1. The van der Waals surface area contributed by atoms with Crippen LogP contribution < -0.4 is 0 Å². The van der Waals surface area contributed by atoms with Crippen LogP contribution in [0.15, 0.2) is 72.9 Å². The van der Waals surface area contributed by atoms with Gasteiger partial charge < -0.3 is 9.47 Å². The average molecular weight is 464 g/mol. The van der Waals surface area contributed by atoms with Gasteiger partial charge in [0.25, 0.3) is 0 Å². The van der Waals surface area contributed by atoms with Crippen LogP contribution in [0.25, 0.3) is 28.0 Å². The van der Waals surface area contributed by atoms with Crippen LogP contribution >= 0.6 is 11.6 Å². The van der Waals surface area contributed by atoms with E-state index in [1.807, 2.05) is 36.4 Å². The fourth-order valence-electron chi connectivity index (χ4n) is 4.35.